The predicted molar refractivity (Wildman–Crippen MR) is 130 cm³/mol. The molecule has 0 saturated carbocycles. The number of nitrogens with zero attached hydrogens (tertiary/aromatic N) is 3. The number of amides is 3. The molecule has 1 saturated heterocycles. The molecule has 6 nitrogen and oxygen atoms in total. The summed E-state index contributed by atoms with van der Waals surface area (Å²) in [4.78, 5) is 31.1. The highest BCUT2D eigenvalue weighted by Gasteiger charge is 2.32. The van der Waals surface area contributed by atoms with E-state index in [9.17, 15) is 9.59 Å². The van der Waals surface area contributed by atoms with Crippen LogP contribution in [0.25, 0.3) is 10.2 Å². The van der Waals surface area contributed by atoms with Crippen molar-refractivity contribution in [2.24, 2.45) is 0 Å². The summed E-state index contributed by atoms with van der Waals surface area (Å²) in [7, 11) is 0. The fourth-order valence-electron chi connectivity index (χ4n) is 4.18. The maximum Gasteiger partial charge on any atom is 0.318 e. The standard InChI is InChI=1S/C25H32N4O2S/c1-17-6-8-19(9-7-17)16-29-21(14-20-10-13-32-23(20)29)22(30)27-11-12-28(18(2)15-27)24(31)26-25(3,4)5/h6-10,13-14,18H,11-12,15-16H2,1-5H3,(H,26,31). The zero-order chi connectivity index (χ0) is 23.0. The van der Waals surface area contributed by atoms with Crippen molar-refractivity contribution in [1.29, 1.82) is 0 Å². The quantitative estimate of drug-likeness (QED) is 0.625. The number of benzene rings is 1. The number of carbonyl (C=O) groups is 2. The Kier molecular flexibility index (Phi) is 6.03. The molecule has 1 unspecified atom stereocenters. The fraction of sp³-hybridized carbons (Fsp3) is 0.440. The largest absolute Gasteiger partial charge is 0.334 e. The molecule has 32 heavy (non-hydrogen) atoms. The van der Waals surface area contributed by atoms with E-state index in [1.54, 1.807) is 11.3 Å². The lowest BCUT2D eigenvalue weighted by Gasteiger charge is -2.41. The van der Waals surface area contributed by atoms with Crippen molar-refractivity contribution < 1.29 is 9.59 Å². The molecule has 1 atom stereocenters. The number of hydrogen-bond acceptors (Lipinski definition) is 3. The Morgan fingerprint density at radius 2 is 1.84 bits per heavy atom. The van der Waals surface area contributed by atoms with Gasteiger partial charge in [0.15, 0.2) is 0 Å². The predicted octanol–water partition coefficient (Wildman–Crippen LogP) is 4.71. The fourth-order valence-corrected chi connectivity index (χ4v) is 5.08. The number of urea groups is 1. The van der Waals surface area contributed by atoms with Gasteiger partial charge in [-0.05, 0) is 57.7 Å². The molecular formula is C25H32N4O2S. The van der Waals surface area contributed by atoms with Gasteiger partial charge in [-0.3, -0.25) is 4.79 Å². The van der Waals surface area contributed by atoms with Crippen LogP contribution in [-0.4, -0.2) is 57.5 Å². The number of hydrogen-bond donors (Lipinski definition) is 1. The molecule has 7 heteroatoms. The highest BCUT2D eigenvalue weighted by Crippen LogP contribution is 2.28. The molecule has 3 aromatic rings. The lowest BCUT2D eigenvalue weighted by atomic mass is 10.1. The summed E-state index contributed by atoms with van der Waals surface area (Å²) in [5.74, 6) is 0.0308. The molecule has 0 aliphatic carbocycles. The normalized spacial score (nSPS) is 17.1. The van der Waals surface area contributed by atoms with E-state index >= 15 is 0 Å². The lowest BCUT2D eigenvalue weighted by Crippen LogP contribution is -2.59. The lowest BCUT2D eigenvalue weighted by molar-refractivity contribution is 0.0564. The molecule has 0 radical (unpaired) electrons. The van der Waals surface area contributed by atoms with Gasteiger partial charge in [0, 0.05) is 43.1 Å². The summed E-state index contributed by atoms with van der Waals surface area (Å²) in [6, 6.07) is 12.4. The number of aromatic nitrogens is 1. The first-order valence-electron chi connectivity index (χ1n) is 11.1. The third kappa shape index (κ3) is 4.67. The van der Waals surface area contributed by atoms with Crippen LogP contribution in [0, 0.1) is 6.92 Å². The molecule has 4 rings (SSSR count). The molecule has 0 spiro atoms. The minimum absolute atomic E-state index is 0.0308. The molecular weight excluding hydrogens is 420 g/mol. The summed E-state index contributed by atoms with van der Waals surface area (Å²) in [6.07, 6.45) is 0. The first-order chi connectivity index (χ1) is 15.1. The van der Waals surface area contributed by atoms with Crippen LogP contribution >= 0.6 is 11.3 Å². The van der Waals surface area contributed by atoms with Crippen LogP contribution in [0.4, 0.5) is 4.79 Å². The topological polar surface area (TPSA) is 57.6 Å². The summed E-state index contributed by atoms with van der Waals surface area (Å²) in [6.45, 7) is 12.3. The smallest absolute Gasteiger partial charge is 0.318 e. The highest BCUT2D eigenvalue weighted by molar-refractivity contribution is 7.16. The number of piperazine rings is 1. The molecule has 1 N–H and O–H groups in total. The Balaban J connectivity index is 1.54. The van der Waals surface area contributed by atoms with Crippen LogP contribution in [0.5, 0.6) is 0 Å². The van der Waals surface area contributed by atoms with Crippen LogP contribution in [0.15, 0.2) is 41.8 Å². The number of rotatable bonds is 3. The average Bonchev–Trinajstić information content (AvgIpc) is 3.30. The van der Waals surface area contributed by atoms with E-state index in [2.05, 4.69) is 52.5 Å². The van der Waals surface area contributed by atoms with Gasteiger partial charge in [0.1, 0.15) is 10.5 Å². The Hall–Kier alpha value is -2.80. The molecule has 3 heterocycles. The molecule has 1 aromatic carbocycles. The van der Waals surface area contributed by atoms with Crippen LogP contribution in [0.3, 0.4) is 0 Å². The highest BCUT2D eigenvalue weighted by atomic mass is 32.1. The van der Waals surface area contributed by atoms with Crippen LogP contribution in [-0.2, 0) is 6.54 Å². The Bertz CT molecular complexity index is 1120. The van der Waals surface area contributed by atoms with Crippen molar-refractivity contribution in [3.8, 4) is 0 Å². The van der Waals surface area contributed by atoms with E-state index in [1.807, 2.05) is 43.6 Å². The van der Waals surface area contributed by atoms with Crippen molar-refractivity contribution >= 4 is 33.5 Å². The number of thiophene rings is 1. The van der Waals surface area contributed by atoms with E-state index in [4.69, 9.17) is 0 Å². The second-order valence-electron chi connectivity index (χ2n) is 9.76. The molecule has 1 aliphatic heterocycles. The first kappa shape index (κ1) is 22.4. The summed E-state index contributed by atoms with van der Waals surface area (Å²) < 4.78 is 2.14. The zero-order valence-corrected chi connectivity index (χ0v) is 20.3. The van der Waals surface area contributed by atoms with Crippen molar-refractivity contribution in [3.05, 3.63) is 58.6 Å². The van der Waals surface area contributed by atoms with E-state index in [0.717, 1.165) is 10.2 Å². The van der Waals surface area contributed by atoms with Crippen LogP contribution < -0.4 is 5.32 Å². The number of nitrogens with one attached hydrogen (secondary N) is 1. The second-order valence-corrected chi connectivity index (χ2v) is 10.7. The van der Waals surface area contributed by atoms with Crippen LogP contribution in [0.1, 0.15) is 49.3 Å². The van der Waals surface area contributed by atoms with E-state index in [1.165, 1.54) is 11.1 Å². The SMILES string of the molecule is Cc1ccc(Cn2c(C(=O)N3CCN(C(=O)NC(C)(C)C)C(C)C3)cc3ccsc32)cc1. The Labute approximate surface area is 193 Å². The van der Waals surface area contributed by atoms with Crippen molar-refractivity contribution in [3.63, 3.8) is 0 Å². The Morgan fingerprint density at radius 3 is 2.50 bits per heavy atom. The van der Waals surface area contributed by atoms with Gasteiger partial charge in [0.2, 0.25) is 0 Å². The van der Waals surface area contributed by atoms with E-state index in [0.29, 0.717) is 31.9 Å². The third-order valence-electron chi connectivity index (χ3n) is 5.84. The minimum Gasteiger partial charge on any atom is -0.334 e. The van der Waals surface area contributed by atoms with Gasteiger partial charge < -0.3 is 19.7 Å². The molecule has 1 aliphatic rings. The van der Waals surface area contributed by atoms with Crippen molar-refractivity contribution in [1.82, 2.24) is 19.7 Å². The average molecular weight is 453 g/mol. The molecule has 170 valence electrons. The molecule has 0 bridgehead atoms. The zero-order valence-electron chi connectivity index (χ0n) is 19.5. The van der Waals surface area contributed by atoms with Gasteiger partial charge in [-0.15, -0.1) is 11.3 Å². The van der Waals surface area contributed by atoms with Gasteiger partial charge in [0.05, 0.1) is 0 Å². The second kappa shape index (κ2) is 8.62. The molecule has 2 aromatic heterocycles. The van der Waals surface area contributed by atoms with Gasteiger partial charge in [-0.1, -0.05) is 29.8 Å². The van der Waals surface area contributed by atoms with Crippen molar-refractivity contribution in [2.75, 3.05) is 19.6 Å². The summed E-state index contributed by atoms with van der Waals surface area (Å²) >= 11 is 1.66. The van der Waals surface area contributed by atoms with Gasteiger partial charge >= 0.3 is 6.03 Å². The Morgan fingerprint density at radius 1 is 1.12 bits per heavy atom. The molecule has 3 amide bonds. The van der Waals surface area contributed by atoms with Gasteiger partial charge in [-0.2, -0.15) is 0 Å². The third-order valence-corrected chi connectivity index (χ3v) is 6.79. The van der Waals surface area contributed by atoms with Crippen molar-refractivity contribution in [2.45, 2.75) is 52.7 Å². The number of fused-ring (bicyclic) bond motifs is 1. The van der Waals surface area contributed by atoms with Gasteiger partial charge in [-0.25, -0.2) is 4.79 Å². The summed E-state index contributed by atoms with van der Waals surface area (Å²) in [5, 5.41) is 6.20. The van der Waals surface area contributed by atoms with E-state index in [-0.39, 0.29) is 23.5 Å². The van der Waals surface area contributed by atoms with Gasteiger partial charge in [0.25, 0.3) is 5.91 Å². The summed E-state index contributed by atoms with van der Waals surface area (Å²) in [5.41, 5.74) is 2.83. The number of carbonyl (C=O) groups excluding carboxylic acids is 2. The first-order valence-corrected chi connectivity index (χ1v) is 12.0. The van der Waals surface area contributed by atoms with Crippen LogP contribution in [0.2, 0.25) is 0 Å². The number of aryl methyl sites for hydroxylation is 1. The molecule has 1 fully saturated rings. The minimum atomic E-state index is -0.285. The monoisotopic (exact) mass is 452 g/mol. The maximum absolute atomic E-state index is 13.6. The van der Waals surface area contributed by atoms with E-state index < -0.39 is 0 Å². The maximum atomic E-state index is 13.6.